The van der Waals surface area contributed by atoms with Crippen LogP contribution in [0.2, 0.25) is 15.1 Å². The molecule has 70 valence electrons. The molecule has 0 aromatic heterocycles. The SMILES string of the molecule is COc1c(Cl)cc(Cl)c(C=O)c1Cl. The molecule has 2 nitrogen and oxygen atoms in total. The summed E-state index contributed by atoms with van der Waals surface area (Å²) in [5, 5.41) is 0.629. The van der Waals surface area contributed by atoms with Crippen molar-refractivity contribution in [2.24, 2.45) is 0 Å². The van der Waals surface area contributed by atoms with Gasteiger partial charge in [-0.2, -0.15) is 0 Å². The van der Waals surface area contributed by atoms with E-state index in [1.54, 1.807) is 0 Å². The van der Waals surface area contributed by atoms with E-state index in [2.05, 4.69) is 0 Å². The molecule has 1 aromatic rings. The summed E-state index contributed by atoms with van der Waals surface area (Å²) in [5.41, 5.74) is 0.185. The Hall–Kier alpha value is -0.440. The summed E-state index contributed by atoms with van der Waals surface area (Å²) in [6, 6.07) is 1.41. The quantitative estimate of drug-likeness (QED) is 0.739. The van der Waals surface area contributed by atoms with Gasteiger partial charge >= 0.3 is 0 Å². The highest BCUT2D eigenvalue weighted by Crippen LogP contribution is 2.38. The second kappa shape index (κ2) is 4.18. The summed E-state index contributed by atoms with van der Waals surface area (Å²) in [6.07, 6.45) is 0.559. The van der Waals surface area contributed by atoms with E-state index in [4.69, 9.17) is 39.5 Å². The van der Waals surface area contributed by atoms with Crippen molar-refractivity contribution in [2.75, 3.05) is 7.11 Å². The van der Waals surface area contributed by atoms with E-state index in [1.165, 1.54) is 13.2 Å². The van der Waals surface area contributed by atoms with E-state index in [1.807, 2.05) is 0 Å². The Morgan fingerprint density at radius 2 is 1.92 bits per heavy atom. The van der Waals surface area contributed by atoms with Gasteiger partial charge in [0.25, 0.3) is 0 Å². The fourth-order valence-electron chi connectivity index (χ4n) is 0.882. The molecule has 0 aliphatic heterocycles. The van der Waals surface area contributed by atoms with Crippen LogP contribution in [0.4, 0.5) is 0 Å². The van der Waals surface area contributed by atoms with Crippen molar-refractivity contribution >= 4 is 41.1 Å². The summed E-state index contributed by atoms with van der Waals surface area (Å²) < 4.78 is 4.89. The standard InChI is InChI=1S/C8H5Cl3O2/c1-13-8-6(10)2-5(9)4(3-12)7(8)11/h2-3H,1H3. The molecule has 0 N–H and O–H groups in total. The zero-order valence-corrected chi connectivity index (χ0v) is 8.87. The first-order chi connectivity index (χ1) is 6.11. The van der Waals surface area contributed by atoms with Gasteiger partial charge in [0, 0.05) is 0 Å². The first-order valence-corrected chi connectivity index (χ1v) is 4.41. The van der Waals surface area contributed by atoms with Gasteiger partial charge < -0.3 is 4.74 Å². The van der Waals surface area contributed by atoms with E-state index in [0.29, 0.717) is 6.29 Å². The Balaban J connectivity index is 3.47. The first-order valence-electron chi connectivity index (χ1n) is 3.28. The average molecular weight is 239 g/mol. The van der Waals surface area contributed by atoms with Crippen LogP contribution < -0.4 is 4.74 Å². The van der Waals surface area contributed by atoms with Crippen LogP contribution >= 0.6 is 34.8 Å². The normalized spacial score (nSPS) is 9.85. The minimum atomic E-state index is 0.134. The molecule has 1 aromatic carbocycles. The van der Waals surface area contributed by atoms with Gasteiger partial charge in [-0.25, -0.2) is 0 Å². The maximum Gasteiger partial charge on any atom is 0.156 e. The Kier molecular flexibility index (Phi) is 3.42. The Morgan fingerprint density at radius 1 is 1.31 bits per heavy atom. The zero-order valence-electron chi connectivity index (χ0n) is 6.61. The summed E-state index contributed by atoms with van der Waals surface area (Å²) in [6.45, 7) is 0. The largest absolute Gasteiger partial charge is 0.494 e. The monoisotopic (exact) mass is 238 g/mol. The number of carbonyl (C=O) groups is 1. The maximum atomic E-state index is 10.6. The number of benzene rings is 1. The van der Waals surface area contributed by atoms with Crippen molar-refractivity contribution in [2.45, 2.75) is 0 Å². The van der Waals surface area contributed by atoms with Gasteiger partial charge in [-0.15, -0.1) is 0 Å². The van der Waals surface area contributed by atoms with Crippen molar-refractivity contribution in [1.82, 2.24) is 0 Å². The van der Waals surface area contributed by atoms with Crippen molar-refractivity contribution in [3.05, 3.63) is 26.7 Å². The number of hydrogen-bond acceptors (Lipinski definition) is 2. The average Bonchev–Trinajstić information content (AvgIpc) is 2.04. The van der Waals surface area contributed by atoms with Crippen molar-refractivity contribution < 1.29 is 9.53 Å². The predicted molar refractivity (Wildman–Crippen MR) is 53.4 cm³/mol. The molecule has 0 unspecified atom stereocenters. The van der Waals surface area contributed by atoms with Crippen LogP contribution in [-0.2, 0) is 0 Å². The second-order valence-corrected chi connectivity index (χ2v) is 3.41. The molecule has 0 heterocycles. The molecule has 0 atom stereocenters. The van der Waals surface area contributed by atoms with Crippen LogP contribution in [0.5, 0.6) is 5.75 Å². The van der Waals surface area contributed by atoms with E-state index in [-0.39, 0.29) is 26.4 Å². The van der Waals surface area contributed by atoms with Crippen molar-refractivity contribution in [3.63, 3.8) is 0 Å². The third-order valence-corrected chi connectivity index (χ3v) is 2.45. The Morgan fingerprint density at radius 3 is 2.38 bits per heavy atom. The number of carbonyl (C=O) groups excluding carboxylic acids is 1. The molecule has 0 aliphatic rings. The van der Waals surface area contributed by atoms with Gasteiger partial charge in [0.15, 0.2) is 12.0 Å². The van der Waals surface area contributed by atoms with Crippen molar-refractivity contribution in [3.8, 4) is 5.75 Å². The molecule has 0 bridgehead atoms. The fourth-order valence-corrected chi connectivity index (χ4v) is 1.89. The number of ether oxygens (including phenoxy) is 1. The topological polar surface area (TPSA) is 26.3 Å². The molecule has 0 saturated heterocycles. The van der Waals surface area contributed by atoms with Crippen LogP contribution in [0.15, 0.2) is 6.07 Å². The molecule has 0 amide bonds. The lowest BCUT2D eigenvalue weighted by Gasteiger charge is -2.08. The second-order valence-electron chi connectivity index (χ2n) is 2.22. The minimum absolute atomic E-state index is 0.134. The summed E-state index contributed by atoms with van der Waals surface area (Å²) >= 11 is 17.3. The summed E-state index contributed by atoms with van der Waals surface area (Å²) in [4.78, 5) is 10.6. The minimum Gasteiger partial charge on any atom is -0.494 e. The van der Waals surface area contributed by atoms with Crippen LogP contribution in [0, 0.1) is 0 Å². The van der Waals surface area contributed by atoms with Gasteiger partial charge in [0.1, 0.15) is 0 Å². The lowest BCUT2D eigenvalue weighted by atomic mass is 10.2. The smallest absolute Gasteiger partial charge is 0.156 e. The molecule has 5 heteroatoms. The van der Waals surface area contributed by atoms with Gasteiger partial charge in [-0.1, -0.05) is 34.8 Å². The summed E-state index contributed by atoms with van der Waals surface area (Å²) in [5.74, 6) is 0.259. The number of methoxy groups -OCH3 is 1. The van der Waals surface area contributed by atoms with Gasteiger partial charge in [0.2, 0.25) is 0 Å². The van der Waals surface area contributed by atoms with E-state index < -0.39 is 0 Å². The predicted octanol–water partition coefficient (Wildman–Crippen LogP) is 3.47. The highest BCUT2D eigenvalue weighted by Gasteiger charge is 2.14. The molecule has 1 rings (SSSR count). The molecular formula is C8H5Cl3O2. The van der Waals surface area contributed by atoms with Gasteiger partial charge in [-0.05, 0) is 6.07 Å². The Bertz CT molecular complexity index is 350. The third kappa shape index (κ3) is 1.90. The highest BCUT2D eigenvalue weighted by molar-refractivity contribution is 6.42. The highest BCUT2D eigenvalue weighted by atomic mass is 35.5. The van der Waals surface area contributed by atoms with E-state index in [0.717, 1.165) is 0 Å². The lowest BCUT2D eigenvalue weighted by Crippen LogP contribution is -1.91. The Labute approximate surface area is 90.3 Å². The van der Waals surface area contributed by atoms with Gasteiger partial charge in [0.05, 0.1) is 27.7 Å². The molecule has 0 saturated carbocycles. The van der Waals surface area contributed by atoms with Gasteiger partial charge in [-0.3, -0.25) is 4.79 Å². The molecular weight excluding hydrogens is 234 g/mol. The number of halogens is 3. The van der Waals surface area contributed by atoms with E-state index >= 15 is 0 Å². The van der Waals surface area contributed by atoms with Crippen LogP contribution in [0.1, 0.15) is 10.4 Å². The van der Waals surface area contributed by atoms with Crippen LogP contribution in [-0.4, -0.2) is 13.4 Å². The van der Waals surface area contributed by atoms with E-state index in [9.17, 15) is 4.79 Å². The summed E-state index contributed by atoms with van der Waals surface area (Å²) in [7, 11) is 1.41. The molecule has 0 radical (unpaired) electrons. The van der Waals surface area contributed by atoms with Crippen LogP contribution in [0.25, 0.3) is 0 Å². The number of hydrogen-bond donors (Lipinski definition) is 0. The number of rotatable bonds is 2. The maximum absolute atomic E-state index is 10.6. The van der Waals surface area contributed by atoms with Crippen LogP contribution in [0.3, 0.4) is 0 Å². The third-order valence-electron chi connectivity index (χ3n) is 1.49. The first kappa shape index (κ1) is 10.6. The van der Waals surface area contributed by atoms with Crippen molar-refractivity contribution in [1.29, 1.82) is 0 Å². The molecule has 0 aliphatic carbocycles. The lowest BCUT2D eigenvalue weighted by molar-refractivity contribution is 0.112. The number of aldehydes is 1. The molecule has 13 heavy (non-hydrogen) atoms. The fraction of sp³-hybridized carbons (Fsp3) is 0.125. The molecule has 0 fully saturated rings. The zero-order chi connectivity index (χ0) is 10.0. The molecule has 0 spiro atoms.